The number of hydrogen-bond donors (Lipinski definition) is 0. The second kappa shape index (κ2) is 13.1. The summed E-state index contributed by atoms with van der Waals surface area (Å²) in [6.07, 6.45) is 6.35. The lowest BCUT2D eigenvalue weighted by atomic mass is 9.89. The normalized spacial score (nSPS) is 18.7. The van der Waals surface area contributed by atoms with Crippen LogP contribution in [0.15, 0.2) is 106 Å². The Hall–Kier alpha value is -4.86. The zero-order valence-electron chi connectivity index (χ0n) is 35.0. The Bertz CT molecular complexity index is 2380. The highest BCUT2D eigenvalue weighted by atomic mass is 28.3. The van der Waals surface area contributed by atoms with Gasteiger partial charge in [-0.25, -0.2) is 0 Å². The van der Waals surface area contributed by atoms with E-state index in [2.05, 4.69) is 178 Å². The van der Waals surface area contributed by atoms with Crippen molar-refractivity contribution in [2.75, 3.05) is 0 Å². The fourth-order valence-electron chi connectivity index (χ4n) is 10.3. The summed E-state index contributed by atoms with van der Waals surface area (Å²) in [6, 6.07) is 38.8. The van der Waals surface area contributed by atoms with Crippen LogP contribution in [0.2, 0.25) is 12.1 Å². The van der Waals surface area contributed by atoms with Crippen LogP contribution in [-0.2, 0) is 10.8 Å². The second-order valence-electron chi connectivity index (χ2n) is 19.1. The maximum absolute atomic E-state index is 6.98. The SMILES string of the molecule is Cc1cc2c(c(-c3ccccc3)c1C)C=C(c1ccc(C(C)(C)C)o1)C2[Si]1(C2C(c3ccc(C(C)(C)C)o3)=Cc3c2cc(C)c(C)c3-c2ccccc2)CCC1. The third kappa shape index (κ3) is 5.72. The summed E-state index contributed by atoms with van der Waals surface area (Å²) >= 11 is 0. The molecule has 0 saturated carbocycles. The van der Waals surface area contributed by atoms with E-state index in [0.29, 0.717) is 0 Å². The van der Waals surface area contributed by atoms with Crippen molar-refractivity contribution in [1.29, 1.82) is 0 Å². The van der Waals surface area contributed by atoms with Crippen molar-refractivity contribution < 1.29 is 8.83 Å². The number of aryl methyl sites for hydroxylation is 2. The average molecular weight is 753 g/mol. The second-order valence-corrected chi connectivity index (χ2v) is 23.7. The largest absolute Gasteiger partial charge is 0.461 e. The van der Waals surface area contributed by atoms with E-state index in [4.69, 9.17) is 8.83 Å². The monoisotopic (exact) mass is 752 g/mol. The van der Waals surface area contributed by atoms with E-state index in [9.17, 15) is 0 Å². The summed E-state index contributed by atoms with van der Waals surface area (Å²) in [5.74, 6) is 4.15. The summed E-state index contributed by atoms with van der Waals surface area (Å²) in [5.41, 5.74) is 19.6. The molecule has 1 saturated heterocycles. The van der Waals surface area contributed by atoms with Gasteiger partial charge in [-0.3, -0.25) is 0 Å². The van der Waals surface area contributed by atoms with Crippen LogP contribution in [0.3, 0.4) is 0 Å². The van der Waals surface area contributed by atoms with Crippen LogP contribution in [0.1, 0.15) is 127 Å². The summed E-state index contributed by atoms with van der Waals surface area (Å²) in [6.45, 7) is 22.8. The molecule has 1 fully saturated rings. The maximum atomic E-state index is 6.98. The topological polar surface area (TPSA) is 26.3 Å². The first-order chi connectivity index (χ1) is 26.7. The van der Waals surface area contributed by atoms with Gasteiger partial charge in [0.05, 0.1) is 8.07 Å². The fourth-order valence-corrected chi connectivity index (χ4v) is 16.3. The minimum absolute atomic E-state index is 0.0820. The molecule has 0 radical (unpaired) electrons. The molecule has 6 aromatic rings. The van der Waals surface area contributed by atoms with Gasteiger partial charge in [-0.05, 0) is 131 Å². The minimum atomic E-state index is -2.33. The molecule has 3 heterocycles. The molecular formula is C53H56O2Si. The standard InChI is InChI=1S/C53H56O2Si/c1-32-28-40-38(48(34(32)3)36-18-13-11-14-19-36)30-42(44-22-24-46(54-44)52(5,6)7)50(40)56(26-17-27-56)51-41-29-33(2)35(4)49(37-20-15-12-16-21-37)39(41)31-43(51)45-23-25-47(55-45)53(8,9)10/h11-16,18-25,28-31,50-51H,17,26-27H2,1-10H3. The van der Waals surface area contributed by atoms with Gasteiger partial charge in [-0.15, -0.1) is 0 Å². The molecule has 2 atom stereocenters. The van der Waals surface area contributed by atoms with Crippen LogP contribution < -0.4 is 0 Å². The van der Waals surface area contributed by atoms with Crippen LogP contribution in [0.4, 0.5) is 0 Å². The van der Waals surface area contributed by atoms with Gasteiger partial charge in [0.25, 0.3) is 0 Å². The van der Waals surface area contributed by atoms with Gasteiger partial charge < -0.3 is 8.83 Å². The van der Waals surface area contributed by atoms with Crippen molar-refractivity contribution in [2.24, 2.45) is 0 Å². The molecule has 1 aliphatic heterocycles. The molecule has 3 aliphatic rings. The quantitative estimate of drug-likeness (QED) is 0.158. The molecule has 0 spiro atoms. The van der Waals surface area contributed by atoms with Gasteiger partial charge in [0.2, 0.25) is 0 Å². The highest BCUT2D eigenvalue weighted by Gasteiger charge is 2.59. The van der Waals surface area contributed by atoms with Crippen molar-refractivity contribution in [2.45, 2.75) is 110 Å². The molecule has 2 nitrogen and oxygen atoms in total. The number of rotatable bonds is 6. The Morgan fingerprint density at radius 2 is 0.911 bits per heavy atom. The molecule has 56 heavy (non-hydrogen) atoms. The van der Waals surface area contributed by atoms with E-state index in [1.807, 2.05) is 0 Å². The first kappa shape index (κ1) is 36.8. The predicted molar refractivity (Wildman–Crippen MR) is 239 cm³/mol. The average Bonchev–Trinajstić information content (AvgIpc) is 3.96. The zero-order valence-corrected chi connectivity index (χ0v) is 36.0. The zero-order chi connectivity index (χ0) is 39.3. The van der Waals surface area contributed by atoms with Crippen molar-refractivity contribution in [3.8, 4) is 22.3 Å². The minimum Gasteiger partial charge on any atom is -0.461 e. The molecule has 0 N–H and O–H groups in total. The Kier molecular flexibility index (Phi) is 8.60. The lowest BCUT2D eigenvalue weighted by Gasteiger charge is -2.51. The van der Waals surface area contributed by atoms with Crippen molar-refractivity contribution in [3.63, 3.8) is 0 Å². The van der Waals surface area contributed by atoms with Gasteiger partial charge in [0, 0.05) is 33.1 Å². The van der Waals surface area contributed by atoms with Gasteiger partial charge >= 0.3 is 0 Å². The Morgan fingerprint density at radius 1 is 0.518 bits per heavy atom. The summed E-state index contributed by atoms with van der Waals surface area (Å²) in [5, 5.41) is 0. The van der Waals surface area contributed by atoms with Gasteiger partial charge in [-0.1, -0.05) is 133 Å². The number of hydrogen-bond acceptors (Lipinski definition) is 2. The molecule has 4 aromatic carbocycles. The van der Waals surface area contributed by atoms with E-state index >= 15 is 0 Å². The number of furan rings is 2. The van der Waals surface area contributed by atoms with E-state index in [-0.39, 0.29) is 21.9 Å². The number of fused-ring (bicyclic) bond motifs is 2. The van der Waals surface area contributed by atoms with Crippen molar-refractivity contribution >= 4 is 31.4 Å². The molecule has 0 amide bonds. The Balaban J connectivity index is 1.33. The lowest BCUT2D eigenvalue weighted by molar-refractivity contribution is 0.402. The van der Waals surface area contributed by atoms with Crippen molar-refractivity contribution in [1.82, 2.24) is 0 Å². The maximum Gasteiger partial charge on any atom is 0.130 e. The van der Waals surface area contributed by atoms with E-state index in [1.54, 1.807) is 0 Å². The smallest absolute Gasteiger partial charge is 0.130 e. The first-order valence-electron chi connectivity index (χ1n) is 20.7. The molecule has 0 bridgehead atoms. The number of allylic oxidation sites excluding steroid dienone is 2. The first-order valence-corrected chi connectivity index (χ1v) is 23.3. The molecule has 2 unspecified atom stereocenters. The summed E-state index contributed by atoms with van der Waals surface area (Å²) in [7, 11) is -2.33. The van der Waals surface area contributed by atoms with Crippen LogP contribution in [-0.4, -0.2) is 8.07 Å². The summed E-state index contributed by atoms with van der Waals surface area (Å²) in [4.78, 5) is 0. The van der Waals surface area contributed by atoms with E-state index in [1.165, 1.54) is 96.4 Å². The lowest BCUT2D eigenvalue weighted by Crippen LogP contribution is -2.53. The molecule has 284 valence electrons. The van der Waals surface area contributed by atoms with Crippen LogP contribution >= 0.6 is 0 Å². The van der Waals surface area contributed by atoms with Crippen LogP contribution in [0, 0.1) is 27.7 Å². The third-order valence-corrected chi connectivity index (χ3v) is 19.6. The van der Waals surface area contributed by atoms with Gasteiger partial charge in [0.15, 0.2) is 0 Å². The molecule has 2 aliphatic carbocycles. The number of benzene rings is 4. The molecule has 3 heteroatoms. The van der Waals surface area contributed by atoms with Crippen LogP contribution in [0.5, 0.6) is 0 Å². The molecule has 2 aromatic heterocycles. The van der Waals surface area contributed by atoms with E-state index in [0.717, 1.165) is 23.0 Å². The molecule has 9 rings (SSSR count). The third-order valence-electron chi connectivity index (χ3n) is 13.5. The van der Waals surface area contributed by atoms with Gasteiger partial charge in [0.1, 0.15) is 23.0 Å². The highest BCUT2D eigenvalue weighted by Crippen LogP contribution is 2.65. The Labute approximate surface area is 335 Å². The highest BCUT2D eigenvalue weighted by molar-refractivity contribution is 6.88. The predicted octanol–water partition coefficient (Wildman–Crippen LogP) is 14.9. The van der Waals surface area contributed by atoms with Crippen LogP contribution in [0.25, 0.3) is 45.6 Å². The molecular weight excluding hydrogens is 697 g/mol. The van der Waals surface area contributed by atoms with Crippen molar-refractivity contribution in [3.05, 3.63) is 165 Å². The Morgan fingerprint density at radius 3 is 1.23 bits per heavy atom. The van der Waals surface area contributed by atoms with Gasteiger partial charge in [-0.2, -0.15) is 0 Å². The summed E-state index contributed by atoms with van der Waals surface area (Å²) < 4.78 is 14.0. The van der Waals surface area contributed by atoms with E-state index < -0.39 is 8.07 Å². The fraction of sp³-hybridized carbons (Fsp3) is 0.321.